The topological polar surface area (TPSA) is 29.1 Å². The molecule has 0 fully saturated rings. The summed E-state index contributed by atoms with van der Waals surface area (Å²) in [6.07, 6.45) is 0. The molecule has 0 aliphatic rings. The first kappa shape index (κ1) is 12.8. The summed E-state index contributed by atoms with van der Waals surface area (Å²) < 4.78 is 14.1. The Labute approximate surface area is 119 Å². The van der Waals surface area contributed by atoms with Crippen LogP contribution in [-0.4, -0.2) is 13.0 Å². The van der Waals surface area contributed by atoms with E-state index >= 15 is 0 Å². The van der Waals surface area contributed by atoms with Gasteiger partial charge in [-0.15, -0.1) is 11.3 Å². The molecule has 1 N–H and O–H groups in total. The molecule has 0 radical (unpaired) electrons. The first-order chi connectivity index (χ1) is 9.70. The highest BCUT2D eigenvalue weighted by atomic mass is 32.1. The lowest BCUT2D eigenvalue weighted by Crippen LogP contribution is -2.18. The van der Waals surface area contributed by atoms with Crippen molar-refractivity contribution in [3.05, 3.63) is 59.9 Å². The van der Waals surface area contributed by atoms with Crippen molar-refractivity contribution >= 4 is 27.3 Å². The fraction of sp³-hybridized carbons (Fsp3) is 0.0625. The standard InChI is InChI=1S/C16H12FNOS/c1-18-16(19)14-12-4-2-3-5-13(12)20-15(14)10-6-8-11(17)9-7-10/h2-9H,1H3,(H,18,19). The Morgan fingerprint density at radius 1 is 1.10 bits per heavy atom. The van der Waals surface area contributed by atoms with Crippen LogP contribution in [0.25, 0.3) is 20.5 Å². The highest BCUT2D eigenvalue weighted by Gasteiger charge is 2.18. The van der Waals surface area contributed by atoms with Gasteiger partial charge in [0.05, 0.1) is 5.56 Å². The van der Waals surface area contributed by atoms with Crippen molar-refractivity contribution in [1.29, 1.82) is 0 Å². The zero-order chi connectivity index (χ0) is 14.1. The zero-order valence-corrected chi connectivity index (χ0v) is 11.6. The van der Waals surface area contributed by atoms with Crippen molar-refractivity contribution in [3.63, 3.8) is 0 Å². The van der Waals surface area contributed by atoms with E-state index in [9.17, 15) is 9.18 Å². The van der Waals surface area contributed by atoms with E-state index in [2.05, 4.69) is 5.32 Å². The number of carbonyl (C=O) groups is 1. The van der Waals surface area contributed by atoms with Gasteiger partial charge < -0.3 is 5.32 Å². The summed E-state index contributed by atoms with van der Waals surface area (Å²) in [5.74, 6) is -0.405. The molecule has 0 saturated heterocycles. The molecule has 1 aromatic heterocycles. The second kappa shape index (κ2) is 5.06. The lowest BCUT2D eigenvalue weighted by Gasteiger charge is -2.03. The fourth-order valence-electron chi connectivity index (χ4n) is 2.20. The van der Waals surface area contributed by atoms with Gasteiger partial charge in [-0.25, -0.2) is 4.39 Å². The molecule has 3 rings (SSSR count). The molecule has 20 heavy (non-hydrogen) atoms. The van der Waals surface area contributed by atoms with Gasteiger partial charge >= 0.3 is 0 Å². The fourth-order valence-corrected chi connectivity index (χ4v) is 3.41. The van der Waals surface area contributed by atoms with Crippen LogP contribution in [0.3, 0.4) is 0 Å². The highest BCUT2D eigenvalue weighted by Crippen LogP contribution is 2.38. The molecular weight excluding hydrogens is 273 g/mol. The van der Waals surface area contributed by atoms with Gasteiger partial charge in [-0.1, -0.05) is 30.3 Å². The number of amides is 1. The van der Waals surface area contributed by atoms with Crippen LogP contribution in [0.1, 0.15) is 10.4 Å². The van der Waals surface area contributed by atoms with Crippen molar-refractivity contribution in [2.75, 3.05) is 7.05 Å². The van der Waals surface area contributed by atoms with E-state index < -0.39 is 0 Å². The smallest absolute Gasteiger partial charge is 0.253 e. The van der Waals surface area contributed by atoms with Gasteiger partial charge in [0.1, 0.15) is 5.82 Å². The van der Waals surface area contributed by atoms with Gasteiger partial charge in [-0.2, -0.15) is 0 Å². The van der Waals surface area contributed by atoms with Crippen molar-refractivity contribution < 1.29 is 9.18 Å². The maximum absolute atomic E-state index is 13.1. The van der Waals surface area contributed by atoms with E-state index in [4.69, 9.17) is 0 Å². The van der Waals surface area contributed by atoms with Crippen molar-refractivity contribution in [3.8, 4) is 10.4 Å². The quantitative estimate of drug-likeness (QED) is 0.755. The predicted molar refractivity (Wildman–Crippen MR) is 80.6 cm³/mol. The maximum atomic E-state index is 13.1. The molecule has 4 heteroatoms. The van der Waals surface area contributed by atoms with E-state index in [0.717, 1.165) is 20.5 Å². The van der Waals surface area contributed by atoms with E-state index in [-0.39, 0.29) is 11.7 Å². The molecule has 3 aromatic rings. The summed E-state index contributed by atoms with van der Waals surface area (Å²) in [5, 5.41) is 3.60. The minimum absolute atomic E-state index is 0.123. The number of hydrogen-bond donors (Lipinski definition) is 1. The monoisotopic (exact) mass is 285 g/mol. The summed E-state index contributed by atoms with van der Waals surface area (Å²) >= 11 is 1.54. The first-order valence-corrected chi connectivity index (χ1v) is 7.02. The minimum Gasteiger partial charge on any atom is -0.355 e. The number of halogens is 1. The van der Waals surface area contributed by atoms with Crippen LogP contribution < -0.4 is 5.32 Å². The number of rotatable bonds is 2. The van der Waals surface area contributed by atoms with Crippen LogP contribution in [0.5, 0.6) is 0 Å². The maximum Gasteiger partial charge on any atom is 0.253 e. The molecule has 0 aliphatic carbocycles. The second-order valence-corrected chi connectivity index (χ2v) is 5.44. The predicted octanol–water partition coefficient (Wildman–Crippen LogP) is 4.07. The summed E-state index contributed by atoms with van der Waals surface area (Å²) in [5.41, 5.74) is 1.51. The number of hydrogen-bond acceptors (Lipinski definition) is 2. The minimum atomic E-state index is -0.281. The Morgan fingerprint density at radius 3 is 2.50 bits per heavy atom. The highest BCUT2D eigenvalue weighted by molar-refractivity contribution is 7.22. The third-order valence-electron chi connectivity index (χ3n) is 3.16. The number of nitrogens with one attached hydrogen (secondary N) is 1. The Kier molecular flexibility index (Phi) is 3.24. The van der Waals surface area contributed by atoms with E-state index in [1.807, 2.05) is 24.3 Å². The Morgan fingerprint density at radius 2 is 1.80 bits per heavy atom. The molecule has 0 bridgehead atoms. The summed E-state index contributed by atoms with van der Waals surface area (Å²) in [6.45, 7) is 0. The molecule has 0 saturated carbocycles. The molecule has 0 spiro atoms. The zero-order valence-electron chi connectivity index (χ0n) is 10.8. The molecule has 100 valence electrons. The molecule has 0 aliphatic heterocycles. The SMILES string of the molecule is CNC(=O)c1c(-c2ccc(F)cc2)sc2ccccc12. The molecule has 1 amide bonds. The molecule has 0 unspecified atom stereocenters. The number of fused-ring (bicyclic) bond motifs is 1. The Hall–Kier alpha value is -2.20. The molecular formula is C16H12FNOS. The van der Waals surface area contributed by atoms with Gasteiger partial charge in [-0.3, -0.25) is 4.79 Å². The van der Waals surface area contributed by atoms with Crippen molar-refractivity contribution in [2.24, 2.45) is 0 Å². The van der Waals surface area contributed by atoms with Crippen LogP contribution in [0.15, 0.2) is 48.5 Å². The van der Waals surface area contributed by atoms with Crippen molar-refractivity contribution in [2.45, 2.75) is 0 Å². The van der Waals surface area contributed by atoms with Gasteiger partial charge in [0, 0.05) is 22.0 Å². The first-order valence-electron chi connectivity index (χ1n) is 6.20. The second-order valence-electron chi connectivity index (χ2n) is 4.39. The third kappa shape index (κ3) is 2.08. The Bertz CT molecular complexity index is 777. The Balaban J connectivity index is 2.29. The number of thiophene rings is 1. The van der Waals surface area contributed by atoms with Crippen LogP contribution >= 0.6 is 11.3 Å². The van der Waals surface area contributed by atoms with E-state index in [0.29, 0.717) is 5.56 Å². The van der Waals surface area contributed by atoms with E-state index in [1.165, 1.54) is 12.1 Å². The van der Waals surface area contributed by atoms with Crippen LogP contribution in [0, 0.1) is 5.82 Å². The lowest BCUT2D eigenvalue weighted by molar-refractivity contribution is 0.0965. The van der Waals surface area contributed by atoms with Gasteiger partial charge in [0.15, 0.2) is 0 Å². The molecule has 2 nitrogen and oxygen atoms in total. The average molecular weight is 285 g/mol. The lowest BCUT2D eigenvalue weighted by atomic mass is 10.1. The van der Waals surface area contributed by atoms with Crippen LogP contribution in [-0.2, 0) is 0 Å². The van der Waals surface area contributed by atoms with Crippen molar-refractivity contribution in [1.82, 2.24) is 5.32 Å². The number of benzene rings is 2. The summed E-state index contributed by atoms with van der Waals surface area (Å²) in [4.78, 5) is 13.0. The third-order valence-corrected chi connectivity index (χ3v) is 4.38. The average Bonchev–Trinajstić information content (AvgIpc) is 2.86. The van der Waals surface area contributed by atoms with Crippen LogP contribution in [0.4, 0.5) is 4.39 Å². The normalized spacial score (nSPS) is 10.7. The number of carbonyl (C=O) groups excluding carboxylic acids is 1. The molecule has 2 aromatic carbocycles. The van der Waals surface area contributed by atoms with E-state index in [1.54, 1.807) is 30.5 Å². The largest absolute Gasteiger partial charge is 0.355 e. The summed E-state index contributed by atoms with van der Waals surface area (Å²) in [6, 6.07) is 14.0. The van der Waals surface area contributed by atoms with Gasteiger partial charge in [-0.05, 0) is 23.8 Å². The van der Waals surface area contributed by atoms with Gasteiger partial charge in [0.2, 0.25) is 0 Å². The molecule has 0 atom stereocenters. The van der Waals surface area contributed by atoms with Gasteiger partial charge in [0.25, 0.3) is 5.91 Å². The molecule has 1 heterocycles. The summed E-state index contributed by atoms with van der Waals surface area (Å²) in [7, 11) is 1.61. The van der Waals surface area contributed by atoms with Crippen LogP contribution in [0.2, 0.25) is 0 Å².